The molecular formula is C19H33ClIN5O2. The second-order valence-electron chi connectivity index (χ2n) is 7.87. The van der Waals surface area contributed by atoms with Gasteiger partial charge in [-0.25, -0.2) is 9.78 Å². The highest BCUT2D eigenvalue weighted by molar-refractivity contribution is 14.0. The summed E-state index contributed by atoms with van der Waals surface area (Å²) in [4.78, 5) is 20.6. The van der Waals surface area contributed by atoms with E-state index in [1.165, 1.54) is 0 Å². The van der Waals surface area contributed by atoms with Crippen molar-refractivity contribution in [2.75, 3.05) is 19.6 Å². The van der Waals surface area contributed by atoms with Gasteiger partial charge in [0, 0.05) is 19.3 Å². The summed E-state index contributed by atoms with van der Waals surface area (Å²) in [6.07, 6.45) is 2.12. The van der Waals surface area contributed by atoms with Gasteiger partial charge in [-0.05, 0) is 59.6 Å². The van der Waals surface area contributed by atoms with Crippen LogP contribution in [0.2, 0.25) is 5.15 Å². The maximum Gasteiger partial charge on any atom is 0.408 e. The van der Waals surface area contributed by atoms with E-state index in [0.29, 0.717) is 24.2 Å². The molecule has 1 aromatic heterocycles. The van der Waals surface area contributed by atoms with E-state index < -0.39 is 17.2 Å². The zero-order chi connectivity index (χ0) is 20.5. The van der Waals surface area contributed by atoms with Crippen LogP contribution in [-0.4, -0.2) is 47.8 Å². The normalized spacial score (nSPS) is 12.0. The fourth-order valence-corrected chi connectivity index (χ4v) is 2.23. The third-order valence-electron chi connectivity index (χ3n) is 3.31. The van der Waals surface area contributed by atoms with Crippen LogP contribution in [0.1, 0.15) is 47.1 Å². The van der Waals surface area contributed by atoms with Crippen molar-refractivity contribution in [3.05, 3.63) is 29.0 Å². The van der Waals surface area contributed by atoms with Gasteiger partial charge in [0.05, 0.1) is 12.1 Å². The monoisotopic (exact) mass is 525 g/mol. The zero-order valence-electron chi connectivity index (χ0n) is 17.6. The number of pyridine rings is 1. The smallest absolute Gasteiger partial charge is 0.408 e. The Balaban J connectivity index is 0.00000729. The van der Waals surface area contributed by atoms with Crippen molar-refractivity contribution in [3.63, 3.8) is 0 Å². The highest BCUT2D eigenvalue weighted by Gasteiger charge is 2.24. The molecule has 160 valence electrons. The minimum Gasteiger partial charge on any atom is -0.444 e. The van der Waals surface area contributed by atoms with Crippen molar-refractivity contribution in [1.82, 2.24) is 20.9 Å². The SMILES string of the molecule is CCNC(=NCC(C)(C)NC(=O)OC(C)(C)C)NCCc1ccc(Cl)nc1.I. The summed E-state index contributed by atoms with van der Waals surface area (Å²) in [5.41, 5.74) is 0.0241. The number of alkyl carbamates (subject to hydrolysis) is 1. The van der Waals surface area contributed by atoms with Gasteiger partial charge < -0.3 is 20.7 Å². The van der Waals surface area contributed by atoms with E-state index in [9.17, 15) is 4.79 Å². The molecule has 0 aliphatic heterocycles. The third kappa shape index (κ3) is 12.2. The van der Waals surface area contributed by atoms with Crippen LogP contribution in [-0.2, 0) is 11.2 Å². The van der Waals surface area contributed by atoms with Gasteiger partial charge in [-0.3, -0.25) is 4.99 Å². The Labute approximate surface area is 190 Å². The number of aromatic nitrogens is 1. The van der Waals surface area contributed by atoms with E-state index in [-0.39, 0.29) is 24.0 Å². The molecule has 0 radical (unpaired) electrons. The number of halogens is 2. The number of amides is 1. The van der Waals surface area contributed by atoms with Gasteiger partial charge in [-0.15, -0.1) is 24.0 Å². The Kier molecular flexibility index (Phi) is 11.7. The summed E-state index contributed by atoms with van der Waals surface area (Å²) in [6.45, 7) is 13.2. The number of aliphatic imine (C=N–C) groups is 1. The van der Waals surface area contributed by atoms with Crippen molar-refractivity contribution in [2.45, 2.75) is 59.1 Å². The second kappa shape index (κ2) is 12.3. The van der Waals surface area contributed by atoms with Crippen molar-refractivity contribution < 1.29 is 9.53 Å². The number of hydrogen-bond acceptors (Lipinski definition) is 4. The highest BCUT2D eigenvalue weighted by atomic mass is 127. The molecule has 9 heteroatoms. The molecule has 28 heavy (non-hydrogen) atoms. The highest BCUT2D eigenvalue weighted by Crippen LogP contribution is 2.10. The van der Waals surface area contributed by atoms with Gasteiger partial charge >= 0.3 is 6.09 Å². The van der Waals surface area contributed by atoms with Crippen molar-refractivity contribution in [3.8, 4) is 0 Å². The summed E-state index contributed by atoms with van der Waals surface area (Å²) in [5, 5.41) is 9.82. The summed E-state index contributed by atoms with van der Waals surface area (Å²) in [5.74, 6) is 0.693. The molecule has 0 atom stereocenters. The van der Waals surface area contributed by atoms with E-state index in [1.807, 2.05) is 47.6 Å². The number of rotatable bonds is 7. The Morgan fingerprint density at radius 3 is 2.43 bits per heavy atom. The fraction of sp³-hybridized carbons (Fsp3) is 0.632. The average Bonchev–Trinajstić information content (AvgIpc) is 2.52. The maximum atomic E-state index is 12.0. The lowest BCUT2D eigenvalue weighted by molar-refractivity contribution is 0.0476. The van der Waals surface area contributed by atoms with E-state index in [0.717, 1.165) is 18.5 Å². The number of hydrogen-bond donors (Lipinski definition) is 3. The molecule has 0 aromatic carbocycles. The van der Waals surface area contributed by atoms with Crippen LogP contribution in [0, 0.1) is 0 Å². The molecule has 1 aromatic rings. The molecule has 0 aliphatic rings. The third-order valence-corrected chi connectivity index (χ3v) is 3.53. The number of nitrogens with zero attached hydrogens (tertiary/aromatic N) is 2. The quantitative estimate of drug-likeness (QED) is 0.218. The molecular weight excluding hydrogens is 493 g/mol. The Hall–Kier alpha value is -1.29. The standard InChI is InChI=1S/C19H32ClN5O2.HI/c1-7-21-16(22-11-10-14-8-9-15(20)23-12-14)24-13-19(5,6)25-17(26)27-18(2,3)4;/h8-9,12H,7,10-11,13H2,1-6H3,(H,25,26)(H2,21,22,24);1H. The summed E-state index contributed by atoms with van der Waals surface area (Å²) in [7, 11) is 0. The number of carbonyl (C=O) groups excluding carboxylic acids is 1. The van der Waals surface area contributed by atoms with Crippen LogP contribution in [0.15, 0.2) is 23.3 Å². The van der Waals surface area contributed by atoms with Gasteiger partial charge in [0.1, 0.15) is 10.8 Å². The first-order valence-electron chi connectivity index (χ1n) is 9.14. The van der Waals surface area contributed by atoms with Crippen LogP contribution in [0.3, 0.4) is 0 Å². The lowest BCUT2D eigenvalue weighted by atomic mass is 10.1. The predicted molar refractivity (Wildman–Crippen MR) is 126 cm³/mol. The number of carbonyl (C=O) groups is 1. The summed E-state index contributed by atoms with van der Waals surface area (Å²) in [6, 6.07) is 3.73. The second-order valence-corrected chi connectivity index (χ2v) is 8.26. The molecule has 0 fully saturated rings. The summed E-state index contributed by atoms with van der Waals surface area (Å²) < 4.78 is 5.31. The topological polar surface area (TPSA) is 87.6 Å². The molecule has 1 heterocycles. The lowest BCUT2D eigenvalue weighted by Crippen LogP contribution is -2.49. The van der Waals surface area contributed by atoms with E-state index in [1.54, 1.807) is 12.3 Å². The lowest BCUT2D eigenvalue weighted by Gasteiger charge is -2.27. The molecule has 0 aliphatic carbocycles. The molecule has 7 nitrogen and oxygen atoms in total. The number of nitrogens with one attached hydrogen (secondary N) is 3. The van der Waals surface area contributed by atoms with Crippen LogP contribution < -0.4 is 16.0 Å². The van der Waals surface area contributed by atoms with Crippen molar-refractivity contribution in [1.29, 1.82) is 0 Å². The van der Waals surface area contributed by atoms with Crippen LogP contribution in [0.5, 0.6) is 0 Å². The number of guanidine groups is 1. The Bertz CT molecular complexity index is 630. The molecule has 1 amide bonds. The van der Waals surface area contributed by atoms with E-state index >= 15 is 0 Å². The number of ether oxygens (including phenoxy) is 1. The Morgan fingerprint density at radius 2 is 1.89 bits per heavy atom. The van der Waals surface area contributed by atoms with Gasteiger partial charge in [0.15, 0.2) is 5.96 Å². The van der Waals surface area contributed by atoms with Crippen LogP contribution in [0.4, 0.5) is 4.79 Å². The minimum absolute atomic E-state index is 0. The average molecular weight is 526 g/mol. The van der Waals surface area contributed by atoms with Crippen LogP contribution in [0.25, 0.3) is 0 Å². The Morgan fingerprint density at radius 1 is 1.21 bits per heavy atom. The molecule has 0 bridgehead atoms. The van der Waals surface area contributed by atoms with Gasteiger partial charge in [-0.2, -0.15) is 0 Å². The summed E-state index contributed by atoms with van der Waals surface area (Å²) >= 11 is 5.80. The van der Waals surface area contributed by atoms with Gasteiger partial charge in [0.2, 0.25) is 0 Å². The molecule has 0 saturated heterocycles. The van der Waals surface area contributed by atoms with E-state index in [4.69, 9.17) is 16.3 Å². The van der Waals surface area contributed by atoms with Gasteiger partial charge in [-0.1, -0.05) is 17.7 Å². The first kappa shape index (κ1) is 26.7. The fourth-order valence-electron chi connectivity index (χ4n) is 2.12. The largest absolute Gasteiger partial charge is 0.444 e. The maximum absolute atomic E-state index is 12.0. The first-order chi connectivity index (χ1) is 12.5. The zero-order valence-corrected chi connectivity index (χ0v) is 20.6. The van der Waals surface area contributed by atoms with Crippen molar-refractivity contribution >= 4 is 47.6 Å². The molecule has 1 rings (SSSR count). The molecule has 0 spiro atoms. The minimum atomic E-state index is -0.537. The molecule has 0 saturated carbocycles. The van der Waals surface area contributed by atoms with Crippen LogP contribution >= 0.6 is 35.6 Å². The molecule has 3 N–H and O–H groups in total. The van der Waals surface area contributed by atoms with Gasteiger partial charge in [0.25, 0.3) is 0 Å². The van der Waals surface area contributed by atoms with Crippen molar-refractivity contribution in [2.24, 2.45) is 4.99 Å². The molecule has 0 unspecified atom stereocenters. The first-order valence-corrected chi connectivity index (χ1v) is 9.52. The predicted octanol–water partition coefficient (Wildman–Crippen LogP) is 3.75. The van der Waals surface area contributed by atoms with E-state index in [2.05, 4.69) is 25.9 Å².